The fourth-order valence-electron chi connectivity index (χ4n) is 2.97. The van der Waals surface area contributed by atoms with Crippen molar-refractivity contribution in [2.75, 3.05) is 7.11 Å². The van der Waals surface area contributed by atoms with Crippen LogP contribution in [0.1, 0.15) is 24.1 Å². The Balaban J connectivity index is 2.04. The third kappa shape index (κ3) is 1.77. The molecule has 0 saturated carbocycles. The summed E-state index contributed by atoms with van der Waals surface area (Å²) < 4.78 is 5.37. The highest BCUT2D eigenvalue weighted by Crippen LogP contribution is 2.22. The lowest BCUT2D eigenvalue weighted by Crippen LogP contribution is -2.32. The number of nitrogens with one attached hydrogen (secondary N) is 1. The molecule has 0 saturated heterocycles. The van der Waals surface area contributed by atoms with E-state index in [2.05, 4.69) is 17.1 Å². The number of carboxylic acids is 1. The predicted octanol–water partition coefficient (Wildman–Crippen LogP) is 0.184. The Morgan fingerprint density at radius 1 is 1.56 bits per heavy atom. The Hall–Kier alpha value is -1.55. The molecular weight excluding hydrogens is 230 g/mol. The van der Waals surface area contributed by atoms with Crippen LogP contribution < -0.4 is 10.6 Å². The first-order valence-corrected chi connectivity index (χ1v) is 6.36. The van der Waals surface area contributed by atoms with Gasteiger partial charge in [-0.05, 0) is 30.9 Å². The summed E-state index contributed by atoms with van der Waals surface area (Å²) in [5.41, 5.74) is 2.39. The predicted molar refractivity (Wildman–Crippen MR) is 67.5 cm³/mol. The lowest BCUT2D eigenvalue weighted by Gasteiger charge is -2.18. The fraction of sp³-hybridized carbons (Fsp3) is 0.500. The molecule has 2 aliphatic carbocycles. The lowest BCUT2D eigenvalue weighted by molar-refractivity contribution is -0.142. The summed E-state index contributed by atoms with van der Waals surface area (Å²) in [6.45, 7) is 0. The number of aliphatic carboxylic acids is 1. The number of fused-ring (bicyclic) bond motifs is 3. The second kappa shape index (κ2) is 4.28. The Morgan fingerprint density at radius 3 is 3.11 bits per heavy atom. The topological polar surface area (TPSA) is 62.3 Å². The van der Waals surface area contributed by atoms with Gasteiger partial charge in [-0.15, -0.1) is 0 Å². The molecule has 1 aromatic heterocycles. The molecule has 1 heterocycles. The molecule has 18 heavy (non-hydrogen) atoms. The summed E-state index contributed by atoms with van der Waals surface area (Å²) in [7, 11) is 1.72. The largest absolute Gasteiger partial charge is 0.481 e. The van der Waals surface area contributed by atoms with Crippen molar-refractivity contribution in [2.45, 2.75) is 31.8 Å². The lowest BCUT2D eigenvalue weighted by atomic mass is 9.87. The van der Waals surface area contributed by atoms with Gasteiger partial charge in [0.05, 0.1) is 12.0 Å². The maximum absolute atomic E-state index is 11.1. The molecule has 3 rings (SSSR count). The number of rotatable bonds is 2. The number of ether oxygens (including phenoxy) is 1. The van der Waals surface area contributed by atoms with Gasteiger partial charge in [0.15, 0.2) is 0 Å². The van der Waals surface area contributed by atoms with Gasteiger partial charge >= 0.3 is 5.97 Å². The Kier molecular flexibility index (Phi) is 2.74. The molecule has 4 nitrogen and oxygen atoms in total. The van der Waals surface area contributed by atoms with Gasteiger partial charge in [0.1, 0.15) is 0 Å². The van der Waals surface area contributed by atoms with E-state index >= 15 is 0 Å². The van der Waals surface area contributed by atoms with Gasteiger partial charge in [-0.2, -0.15) is 0 Å². The van der Waals surface area contributed by atoms with Crippen molar-refractivity contribution in [3.8, 4) is 0 Å². The van der Waals surface area contributed by atoms with Gasteiger partial charge in [0.2, 0.25) is 0 Å². The first kappa shape index (κ1) is 11.5. The van der Waals surface area contributed by atoms with E-state index in [0.29, 0.717) is 6.42 Å². The average Bonchev–Trinajstić information content (AvgIpc) is 2.75. The summed E-state index contributed by atoms with van der Waals surface area (Å²) in [4.78, 5) is 14.4. The van der Waals surface area contributed by atoms with Crippen LogP contribution in [0.5, 0.6) is 0 Å². The highest BCUT2D eigenvalue weighted by Gasteiger charge is 2.26. The molecule has 1 aromatic rings. The molecule has 0 fully saturated rings. The first-order valence-electron chi connectivity index (χ1n) is 6.36. The van der Waals surface area contributed by atoms with Crippen LogP contribution in [0.15, 0.2) is 0 Å². The minimum atomic E-state index is -0.684. The molecule has 0 radical (unpaired) electrons. The SMILES string of the molecule is COC1C=c2c3c([nH]c2=CC1)CC(C(=O)O)CC3. The summed E-state index contributed by atoms with van der Waals surface area (Å²) in [6, 6.07) is 0. The van der Waals surface area contributed by atoms with Crippen LogP contribution in [-0.4, -0.2) is 29.3 Å². The minimum absolute atomic E-state index is 0.148. The molecule has 96 valence electrons. The highest BCUT2D eigenvalue weighted by molar-refractivity contribution is 5.71. The number of aromatic nitrogens is 1. The van der Waals surface area contributed by atoms with Crippen LogP contribution in [0.3, 0.4) is 0 Å². The molecule has 0 spiro atoms. The molecule has 2 atom stereocenters. The van der Waals surface area contributed by atoms with Crippen LogP contribution in [0.2, 0.25) is 0 Å². The van der Waals surface area contributed by atoms with E-state index in [4.69, 9.17) is 9.84 Å². The smallest absolute Gasteiger partial charge is 0.306 e. The van der Waals surface area contributed by atoms with E-state index in [1.807, 2.05) is 0 Å². The zero-order valence-electron chi connectivity index (χ0n) is 10.4. The number of hydrogen-bond donors (Lipinski definition) is 2. The Labute approximate surface area is 105 Å². The maximum Gasteiger partial charge on any atom is 0.306 e. The van der Waals surface area contributed by atoms with E-state index in [1.165, 1.54) is 10.8 Å². The van der Waals surface area contributed by atoms with Crippen molar-refractivity contribution in [1.29, 1.82) is 0 Å². The molecule has 4 heteroatoms. The van der Waals surface area contributed by atoms with Crippen molar-refractivity contribution >= 4 is 18.1 Å². The van der Waals surface area contributed by atoms with E-state index in [0.717, 1.165) is 30.3 Å². The number of aromatic amines is 1. The number of H-pyrrole nitrogens is 1. The number of hydrogen-bond acceptors (Lipinski definition) is 2. The zero-order valence-corrected chi connectivity index (χ0v) is 10.4. The molecule has 2 N–H and O–H groups in total. The molecule has 0 aliphatic heterocycles. The summed E-state index contributed by atoms with van der Waals surface area (Å²) in [6.07, 6.45) is 7.54. The third-order valence-electron chi connectivity index (χ3n) is 4.02. The third-order valence-corrected chi connectivity index (χ3v) is 4.02. The molecule has 2 aliphatic rings. The number of carboxylic acid groups (broad SMARTS) is 1. The van der Waals surface area contributed by atoms with Crippen molar-refractivity contribution in [1.82, 2.24) is 4.98 Å². The fourth-order valence-corrected chi connectivity index (χ4v) is 2.97. The molecule has 0 bridgehead atoms. The van der Waals surface area contributed by atoms with Crippen molar-refractivity contribution in [3.63, 3.8) is 0 Å². The monoisotopic (exact) mass is 247 g/mol. The van der Waals surface area contributed by atoms with Crippen molar-refractivity contribution in [3.05, 3.63) is 21.8 Å². The summed E-state index contributed by atoms with van der Waals surface area (Å²) in [5, 5.41) is 11.5. The second-order valence-corrected chi connectivity index (χ2v) is 5.07. The minimum Gasteiger partial charge on any atom is -0.481 e. The normalized spacial score (nSPS) is 25.6. The van der Waals surface area contributed by atoms with Crippen LogP contribution in [0, 0.1) is 5.92 Å². The number of methoxy groups -OCH3 is 1. The van der Waals surface area contributed by atoms with Crippen LogP contribution >= 0.6 is 0 Å². The quantitative estimate of drug-likeness (QED) is 0.784. The Bertz CT molecular complexity index is 599. The zero-order chi connectivity index (χ0) is 12.7. The van der Waals surface area contributed by atoms with E-state index < -0.39 is 5.97 Å². The van der Waals surface area contributed by atoms with E-state index in [9.17, 15) is 4.79 Å². The first-order chi connectivity index (χ1) is 8.69. The molecule has 0 aromatic carbocycles. The van der Waals surface area contributed by atoms with Gasteiger partial charge in [-0.1, -0.05) is 6.08 Å². The molecular formula is C14H17NO3. The average molecular weight is 247 g/mol. The highest BCUT2D eigenvalue weighted by atomic mass is 16.5. The van der Waals surface area contributed by atoms with Gasteiger partial charge < -0.3 is 14.8 Å². The molecule has 2 unspecified atom stereocenters. The van der Waals surface area contributed by atoms with Crippen LogP contribution in [0.25, 0.3) is 12.2 Å². The Morgan fingerprint density at radius 2 is 2.39 bits per heavy atom. The van der Waals surface area contributed by atoms with Gasteiger partial charge in [0, 0.05) is 29.8 Å². The van der Waals surface area contributed by atoms with Gasteiger partial charge in [-0.3, -0.25) is 4.79 Å². The summed E-state index contributed by atoms with van der Waals surface area (Å²) >= 11 is 0. The van der Waals surface area contributed by atoms with Crippen LogP contribution in [0.4, 0.5) is 0 Å². The van der Waals surface area contributed by atoms with E-state index in [-0.39, 0.29) is 12.0 Å². The van der Waals surface area contributed by atoms with Crippen molar-refractivity contribution in [2.24, 2.45) is 5.92 Å². The molecule has 0 amide bonds. The van der Waals surface area contributed by atoms with E-state index in [1.54, 1.807) is 7.11 Å². The standard InChI is InChI=1S/C14H17NO3/c1-18-9-3-5-12-11(7-9)10-4-2-8(14(16)17)6-13(10)15-12/h5,7-9,15H,2-4,6H2,1H3,(H,16,17). The van der Waals surface area contributed by atoms with Gasteiger partial charge in [-0.25, -0.2) is 0 Å². The van der Waals surface area contributed by atoms with Gasteiger partial charge in [0.25, 0.3) is 0 Å². The van der Waals surface area contributed by atoms with Crippen molar-refractivity contribution < 1.29 is 14.6 Å². The number of carbonyl (C=O) groups is 1. The summed E-state index contributed by atoms with van der Waals surface area (Å²) in [5.74, 6) is -0.924. The second-order valence-electron chi connectivity index (χ2n) is 5.07. The maximum atomic E-state index is 11.1. The van der Waals surface area contributed by atoms with Crippen LogP contribution in [-0.2, 0) is 22.4 Å².